The van der Waals surface area contributed by atoms with Crippen molar-refractivity contribution in [3.63, 3.8) is 0 Å². The van der Waals surface area contributed by atoms with Crippen molar-refractivity contribution in [2.24, 2.45) is 12.0 Å². The maximum atomic E-state index is 13.1. The van der Waals surface area contributed by atoms with Crippen LogP contribution in [0.2, 0.25) is 0 Å². The summed E-state index contributed by atoms with van der Waals surface area (Å²) >= 11 is 1.72. The third-order valence-corrected chi connectivity index (χ3v) is 5.73. The number of nitrogens with one attached hydrogen (secondary N) is 2. The van der Waals surface area contributed by atoms with Gasteiger partial charge in [0.2, 0.25) is 0 Å². The van der Waals surface area contributed by atoms with Crippen LogP contribution in [0.4, 0.5) is 13.2 Å². The molecule has 2 N–H and O–H groups in total. The molecule has 1 unspecified atom stereocenters. The second kappa shape index (κ2) is 10.6. The summed E-state index contributed by atoms with van der Waals surface area (Å²) in [6, 6.07) is 4.39. The molecule has 1 aliphatic heterocycles. The quantitative estimate of drug-likeness (QED) is 0.333. The Labute approximate surface area is 189 Å². The van der Waals surface area contributed by atoms with Crippen LogP contribution in [0.5, 0.6) is 0 Å². The lowest BCUT2D eigenvalue weighted by Gasteiger charge is -2.27. The molecule has 162 valence electrons. The smallest absolute Gasteiger partial charge is 0.354 e. The number of nitrogens with zero attached hydrogens (tertiary/aromatic N) is 4. The molecule has 1 atom stereocenters. The standard InChI is InChI=1S/C18H25F3N6S.HI/c1-22-17(23-10-13-12-26(2)25-16(13)18(19,20)21)24-11-14(15-6-5-9-28-15)27-7-3-4-8-27;/h5-6,9,12,14H,3-4,7-8,10-11H2,1-2H3,(H2,22,23,24);1H. The number of thiophene rings is 1. The minimum absolute atomic E-state index is 0. The van der Waals surface area contributed by atoms with E-state index in [1.54, 1.807) is 18.4 Å². The van der Waals surface area contributed by atoms with Gasteiger partial charge in [0.15, 0.2) is 11.7 Å². The zero-order valence-electron chi connectivity index (χ0n) is 16.4. The van der Waals surface area contributed by atoms with Gasteiger partial charge in [-0.25, -0.2) is 0 Å². The largest absolute Gasteiger partial charge is 0.435 e. The summed E-state index contributed by atoms with van der Waals surface area (Å²) in [5.74, 6) is 0.470. The minimum Gasteiger partial charge on any atom is -0.354 e. The highest BCUT2D eigenvalue weighted by molar-refractivity contribution is 14.0. The fourth-order valence-corrected chi connectivity index (χ4v) is 4.30. The van der Waals surface area contributed by atoms with E-state index >= 15 is 0 Å². The number of rotatable bonds is 6. The maximum Gasteiger partial charge on any atom is 0.435 e. The van der Waals surface area contributed by atoms with Gasteiger partial charge < -0.3 is 10.6 Å². The van der Waals surface area contributed by atoms with Crippen molar-refractivity contribution >= 4 is 41.3 Å². The Morgan fingerprint density at radius 1 is 1.31 bits per heavy atom. The number of aromatic nitrogens is 2. The summed E-state index contributed by atoms with van der Waals surface area (Å²) in [6.45, 7) is 2.75. The number of aryl methyl sites for hydroxylation is 1. The lowest BCUT2D eigenvalue weighted by atomic mass is 10.2. The molecule has 2 aromatic heterocycles. The Balaban J connectivity index is 0.00000300. The number of halogens is 4. The molecule has 11 heteroatoms. The summed E-state index contributed by atoms with van der Waals surface area (Å²) < 4.78 is 40.5. The fourth-order valence-electron chi connectivity index (χ4n) is 3.44. The predicted molar refractivity (Wildman–Crippen MR) is 120 cm³/mol. The molecule has 0 saturated carbocycles. The number of hydrogen-bond acceptors (Lipinski definition) is 4. The minimum atomic E-state index is -4.48. The lowest BCUT2D eigenvalue weighted by molar-refractivity contribution is -0.142. The zero-order chi connectivity index (χ0) is 20.1. The van der Waals surface area contributed by atoms with E-state index in [9.17, 15) is 13.2 Å². The van der Waals surface area contributed by atoms with Crippen LogP contribution in [0.3, 0.4) is 0 Å². The van der Waals surface area contributed by atoms with Crippen molar-refractivity contribution in [3.05, 3.63) is 39.8 Å². The summed E-state index contributed by atoms with van der Waals surface area (Å²) in [5.41, 5.74) is -0.779. The Morgan fingerprint density at radius 2 is 2.03 bits per heavy atom. The van der Waals surface area contributed by atoms with Gasteiger partial charge in [0.05, 0.1) is 6.04 Å². The lowest BCUT2D eigenvalue weighted by Crippen LogP contribution is -2.42. The van der Waals surface area contributed by atoms with E-state index in [0.29, 0.717) is 12.5 Å². The molecule has 0 spiro atoms. The first-order valence-corrected chi connectivity index (χ1v) is 10.1. The highest BCUT2D eigenvalue weighted by Gasteiger charge is 2.36. The van der Waals surface area contributed by atoms with Crippen LogP contribution in [-0.2, 0) is 19.8 Å². The number of guanidine groups is 1. The predicted octanol–water partition coefficient (Wildman–Crippen LogP) is 3.62. The maximum absolute atomic E-state index is 13.1. The van der Waals surface area contributed by atoms with Gasteiger partial charge in [-0.2, -0.15) is 18.3 Å². The molecule has 2 aromatic rings. The Kier molecular flexibility index (Phi) is 8.76. The molecule has 1 fully saturated rings. The molecule has 0 amide bonds. The van der Waals surface area contributed by atoms with Crippen molar-refractivity contribution in [1.29, 1.82) is 0 Å². The molecule has 0 bridgehead atoms. The van der Waals surface area contributed by atoms with Crippen molar-refractivity contribution in [1.82, 2.24) is 25.3 Å². The summed E-state index contributed by atoms with van der Waals surface area (Å²) in [4.78, 5) is 7.87. The van der Waals surface area contributed by atoms with E-state index in [2.05, 4.69) is 37.1 Å². The zero-order valence-corrected chi connectivity index (χ0v) is 19.5. The Hall–Kier alpha value is -1.34. The van der Waals surface area contributed by atoms with Crippen molar-refractivity contribution in [2.45, 2.75) is 31.6 Å². The summed E-state index contributed by atoms with van der Waals surface area (Å²) in [7, 11) is 3.09. The summed E-state index contributed by atoms with van der Waals surface area (Å²) in [5, 5.41) is 11.8. The van der Waals surface area contributed by atoms with Gasteiger partial charge in [-0.3, -0.25) is 14.6 Å². The fraction of sp³-hybridized carbons (Fsp3) is 0.556. The van der Waals surface area contributed by atoms with Crippen LogP contribution in [0.1, 0.15) is 35.0 Å². The highest BCUT2D eigenvalue weighted by Crippen LogP contribution is 2.30. The van der Waals surface area contributed by atoms with Crippen molar-refractivity contribution in [3.8, 4) is 0 Å². The van der Waals surface area contributed by atoms with Gasteiger partial charge in [0.1, 0.15) is 0 Å². The molecule has 0 aliphatic carbocycles. The van der Waals surface area contributed by atoms with Gasteiger partial charge >= 0.3 is 6.18 Å². The second-order valence-electron chi connectivity index (χ2n) is 6.76. The average Bonchev–Trinajstić information content (AvgIpc) is 3.39. The van der Waals surface area contributed by atoms with Gasteiger partial charge in [-0.05, 0) is 37.4 Å². The van der Waals surface area contributed by atoms with Crippen LogP contribution < -0.4 is 10.6 Å². The molecule has 0 aromatic carbocycles. The van der Waals surface area contributed by atoms with Gasteiger partial charge in [-0.15, -0.1) is 35.3 Å². The van der Waals surface area contributed by atoms with E-state index < -0.39 is 11.9 Å². The SMILES string of the molecule is CN=C(NCc1cn(C)nc1C(F)(F)F)NCC(c1cccs1)N1CCCC1.I. The molecule has 29 heavy (non-hydrogen) atoms. The monoisotopic (exact) mass is 542 g/mol. The normalized spacial score (nSPS) is 16.5. The van der Waals surface area contributed by atoms with Gasteiger partial charge in [-0.1, -0.05) is 6.07 Å². The number of hydrogen-bond donors (Lipinski definition) is 2. The highest BCUT2D eigenvalue weighted by atomic mass is 127. The van der Waals surface area contributed by atoms with E-state index in [0.717, 1.165) is 13.1 Å². The average molecular weight is 542 g/mol. The third-order valence-electron chi connectivity index (χ3n) is 4.76. The van der Waals surface area contributed by atoms with E-state index in [4.69, 9.17) is 0 Å². The van der Waals surface area contributed by atoms with E-state index in [-0.39, 0.29) is 42.1 Å². The molecule has 0 radical (unpaired) electrons. The second-order valence-corrected chi connectivity index (χ2v) is 7.73. The first kappa shape index (κ1) is 23.9. The molecule has 3 rings (SSSR count). The molecular weight excluding hydrogens is 516 g/mol. The molecule has 6 nitrogen and oxygen atoms in total. The third kappa shape index (κ3) is 6.32. The molecule has 3 heterocycles. The van der Waals surface area contributed by atoms with Crippen LogP contribution >= 0.6 is 35.3 Å². The molecular formula is C18H26F3IN6S. The number of likely N-dealkylation sites (tertiary alicyclic amines) is 1. The van der Waals surface area contributed by atoms with Crippen molar-refractivity contribution in [2.75, 3.05) is 26.7 Å². The molecule has 1 aliphatic rings. The summed E-state index contributed by atoms with van der Waals surface area (Å²) in [6.07, 6.45) is -0.719. The molecule has 1 saturated heterocycles. The van der Waals surface area contributed by atoms with Crippen molar-refractivity contribution < 1.29 is 13.2 Å². The van der Waals surface area contributed by atoms with Crippen LogP contribution in [-0.4, -0.2) is 47.3 Å². The van der Waals surface area contributed by atoms with Crippen LogP contribution in [0, 0.1) is 0 Å². The number of alkyl halides is 3. The first-order chi connectivity index (χ1) is 13.4. The van der Waals surface area contributed by atoms with E-state index in [1.807, 2.05) is 6.07 Å². The van der Waals surface area contributed by atoms with Gasteiger partial charge in [0.25, 0.3) is 0 Å². The van der Waals surface area contributed by atoms with E-state index in [1.165, 1.54) is 35.6 Å². The first-order valence-electron chi connectivity index (χ1n) is 9.20. The Bertz CT molecular complexity index is 784. The Morgan fingerprint density at radius 3 is 2.62 bits per heavy atom. The van der Waals surface area contributed by atoms with Crippen LogP contribution in [0.25, 0.3) is 0 Å². The van der Waals surface area contributed by atoms with Crippen LogP contribution in [0.15, 0.2) is 28.7 Å². The van der Waals surface area contributed by atoms with Gasteiger partial charge in [0, 0.05) is 43.8 Å². The number of aliphatic imine (C=N–C) groups is 1. The topological polar surface area (TPSA) is 57.5 Å².